The van der Waals surface area contributed by atoms with Crippen LogP contribution in [0.2, 0.25) is 0 Å². The summed E-state index contributed by atoms with van der Waals surface area (Å²) in [4.78, 5) is 16.7. The second kappa shape index (κ2) is 4.80. The van der Waals surface area contributed by atoms with Gasteiger partial charge in [-0.1, -0.05) is 0 Å². The molecule has 16 heavy (non-hydrogen) atoms. The number of quaternary nitrogens is 1. The van der Waals surface area contributed by atoms with Crippen LogP contribution in [0.5, 0.6) is 0 Å². The topological polar surface area (TPSA) is 68.9 Å². The smallest absolute Gasteiger partial charge is 0.309 e. The molecule has 0 aromatic carbocycles. The number of hydrogen-bond donors (Lipinski definition) is 3. The number of aliphatic carboxylic acids is 1. The Kier molecular flexibility index (Phi) is 3.88. The van der Waals surface area contributed by atoms with Gasteiger partial charge in [-0.15, -0.1) is 0 Å². The monoisotopic (exact) mass is 244 g/mol. The fraction of sp³-hybridized carbons (Fsp3) is 0.600. The van der Waals surface area contributed by atoms with E-state index in [0.717, 1.165) is 5.69 Å². The largest absolute Gasteiger partial charge is 0.481 e. The van der Waals surface area contributed by atoms with Crippen LogP contribution in [0, 0.1) is 4.77 Å². The number of rotatable bonds is 5. The van der Waals surface area contributed by atoms with Gasteiger partial charge in [0, 0.05) is 18.3 Å². The third-order valence-corrected chi connectivity index (χ3v) is 2.83. The number of carboxylic acid groups (broad SMARTS) is 1. The third kappa shape index (κ3) is 3.79. The van der Waals surface area contributed by atoms with Crippen molar-refractivity contribution in [3.63, 3.8) is 0 Å². The highest BCUT2D eigenvalue weighted by atomic mass is 32.1. The lowest BCUT2D eigenvalue weighted by molar-refractivity contribution is -0.895. The third-order valence-electron chi connectivity index (χ3n) is 2.61. The van der Waals surface area contributed by atoms with Crippen LogP contribution in [0.25, 0.3) is 0 Å². The average molecular weight is 244 g/mol. The number of carboxylic acids is 1. The normalized spacial score (nSPS) is 13.7. The Balaban J connectivity index is 2.78. The minimum absolute atomic E-state index is 0.0268. The van der Waals surface area contributed by atoms with E-state index in [4.69, 9.17) is 17.3 Å². The molecule has 6 heteroatoms. The van der Waals surface area contributed by atoms with E-state index in [2.05, 4.69) is 9.97 Å². The van der Waals surface area contributed by atoms with E-state index in [1.807, 2.05) is 21.1 Å². The SMILES string of the molecule is C[N+](C)(C)C(CC(=O)O)Cc1c[nH]c(=S)[nH]1. The zero-order valence-corrected chi connectivity index (χ0v) is 10.6. The van der Waals surface area contributed by atoms with Gasteiger partial charge < -0.3 is 19.6 Å². The number of nitrogens with zero attached hydrogens (tertiary/aromatic N) is 1. The van der Waals surface area contributed by atoms with Gasteiger partial charge in [-0.2, -0.15) is 0 Å². The summed E-state index contributed by atoms with van der Waals surface area (Å²) in [6.45, 7) is 0. The summed E-state index contributed by atoms with van der Waals surface area (Å²) in [5.41, 5.74) is 0.948. The first-order chi connectivity index (χ1) is 7.29. The molecule has 0 amide bonds. The van der Waals surface area contributed by atoms with Crippen LogP contribution in [-0.4, -0.2) is 52.7 Å². The lowest BCUT2D eigenvalue weighted by Crippen LogP contribution is -2.47. The molecular weight excluding hydrogens is 226 g/mol. The van der Waals surface area contributed by atoms with Crippen molar-refractivity contribution in [1.82, 2.24) is 9.97 Å². The van der Waals surface area contributed by atoms with Gasteiger partial charge in [0.05, 0.1) is 27.6 Å². The van der Waals surface area contributed by atoms with Crippen LogP contribution in [0.3, 0.4) is 0 Å². The van der Waals surface area contributed by atoms with E-state index in [1.54, 1.807) is 6.20 Å². The van der Waals surface area contributed by atoms with Crippen molar-refractivity contribution >= 4 is 18.2 Å². The highest BCUT2D eigenvalue weighted by molar-refractivity contribution is 7.71. The Labute approximate surface area is 99.7 Å². The molecule has 0 saturated carbocycles. The molecule has 1 rings (SSSR count). The highest BCUT2D eigenvalue weighted by Gasteiger charge is 2.27. The molecule has 0 bridgehead atoms. The maximum Gasteiger partial charge on any atom is 0.309 e. The van der Waals surface area contributed by atoms with Gasteiger partial charge in [0.1, 0.15) is 6.04 Å². The first-order valence-electron chi connectivity index (χ1n) is 5.08. The molecule has 3 N–H and O–H groups in total. The van der Waals surface area contributed by atoms with Crippen molar-refractivity contribution in [2.45, 2.75) is 18.9 Å². The first kappa shape index (κ1) is 12.9. The fourth-order valence-corrected chi connectivity index (χ4v) is 1.75. The number of H-pyrrole nitrogens is 2. The summed E-state index contributed by atoms with van der Waals surface area (Å²) < 4.78 is 1.18. The van der Waals surface area contributed by atoms with Gasteiger partial charge in [0.15, 0.2) is 4.77 Å². The van der Waals surface area contributed by atoms with Crippen LogP contribution < -0.4 is 0 Å². The fourth-order valence-electron chi connectivity index (χ4n) is 1.56. The Morgan fingerprint density at radius 2 is 2.19 bits per heavy atom. The van der Waals surface area contributed by atoms with Crippen molar-refractivity contribution in [1.29, 1.82) is 0 Å². The van der Waals surface area contributed by atoms with E-state index < -0.39 is 5.97 Å². The molecule has 0 radical (unpaired) electrons. The molecule has 5 nitrogen and oxygen atoms in total. The number of imidazole rings is 1. The quantitative estimate of drug-likeness (QED) is 0.538. The van der Waals surface area contributed by atoms with Crippen molar-refractivity contribution in [3.05, 3.63) is 16.7 Å². The van der Waals surface area contributed by atoms with Gasteiger partial charge >= 0.3 is 5.97 Å². The molecule has 0 aliphatic heterocycles. The van der Waals surface area contributed by atoms with Crippen molar-refractivity contribution in [2.75, 3.05) is 21.1 Å². The summed E-state index contributed by atoms with van der Waals surface area (Å²) in [7, 11) is 5.98. The lowest BCUT2D eigenvalue weighted by atomic mass is 10.1. The Morgan fingerprint density at radius 1 is 1.56 bits per heavy atom. The molecular formula is C10H18N3O2S+. The minimum atomic E-state index is -0.771. The summed E-state index contributed by atoms with van der Waals surface area (Å²) in [5.74, 6) is -0.771. The maximum absolute atomic E-state index is 10.8. The van der Waals surface area contributed by atoms with Crippen molar-refractivity contribution in [3.8, 4) is 0 Å². The van der Waals surface area contributed by atoms with E-state index in [-0.39, 0.29) is 12.5 Å². The molecule has 0 aliphatic carbocycles. The Hall–Kier alpha value is -1.14. The van der Waals surface area contributed by atoms with Gasteiger partial charge in [-0.3, -0.25) is 4.79 Å². The molecule has 1 heterocycles. The predicted octanol–water partition coefficient (Wildman–Crippen LogP) is 1.16. The number of carbonyl (C=O) groups is 1. The summed E-state index contributed by atoms with van der Waals surface area (Å²) in [6, 6.07) is 0.0268. The van der Waals surface area contributed by atoms with Gasteiger partial charge in [0.25, 0.3) is 0 Å². The second-order valence-corrected chi connectivity index (χ2v) is 5.25. The Morgan fingerprint density at radius 3 is 2.56 bits per heavy atom. The maximum atomic E-state index is 10.8. The van der Waals surface area contributed by atoms with E-state index in [0.29, 0.717) is 15.7 Å². The summed E-state index contributed by atoms with van der Waals surface area (Å²) >= 11 is 4.93. The number of nitrogens with one attached hydrogen (secondary N) is 2. The van der Waals surface area contributed by atoms with Crippen LogP contribution in [0.4, 0.5) is 0 Å². The number of aromatic nitrogens is 2. The molecule has 0 spiro atoms. The highest BCUT2D eigenvalue weighted by Crippen LogP contribution is 2.13. The molecule has 1 aromatic heterocycles. The summed E-state index contributed by atoms with van der Waals surface area (Å²) in [6.07, 6.45) is 2.62. The lowest BCUT2D eigenvalue weighted by Gasteiger charge is -2.33. The molecule has 0 fully saturated rings. The van der Waals surface area contributed by atoms with Crippen LogP contribution >= 0.6 is 12.2 Å². The minimum Gasteiger partial charge on any atom is -0.481 e. The van der Waals surface area contributed by atoms with Crippen LogP contribution in [-0.2, 0) is 11.2 Å². The zero-order chi connectivity index (χ0) is 12.3. The standard InChI is InChI=1S/C10H17N3O2S/c1-13(2,3)8(5-9(14)15)4-7-6-11-10(16)12-7/h6,8H,4-5H2,1-3H3,(H2-,11,12,14,15,16)/p+1. The van der Waals surface area contributed by atoms with Crippen molar-refractivity contribution < 1.29 is 14.4 Å². The molecule has 90 valence electrons. The number of hydrogen-bond acceptors (Lipinski definition) is 2. The van der Waals surface area contributed by atoms with E-state index in [1.165, 1.54) is 0 Å². The predicted molar refractivity (Wildman–Crippen MR) is 63.8 cm³/mol. The van der Waals surface area contributed by atoms with Crippen molar-refractivity contribution in [2.24, 2.45) is 0 Å². The van der Waals surface area contributed by atoms with E-state index in [9.17, 15) is 4.79 Å². The first-order valence-corrected chi connectivity index (χ1v) is 5.49. The molecule has 0 saturated heterocycles. The number of aromatic amines is 2. The Bertz CT molecular complexity index is 416. The molecule has 0 aliphatic rings. The van der Waals surface area contributed by atoms with Gasteiger partial charge in [-0.25, -0.2) is 0 Å². The van der Waals surface area contributed by atoms with E-state index >= 15 is 0 Å². The molecule has 1 unspecified atom stereocenters. The molecule has 1 atom stereocenters. The van der Waals surface area contributed by atoms with Crippen LogP contribution in [0.15, 0.2) is 6.20 Å². The van der Waals surface area contributed by atoms with Gasteiger partial charge in [0.2, 0.25) is 0 Å². The summed E-state index contributed by atoms with van der Waals surface area (Å²) in [5, 5.41) is 8.88. The average Bonchev–Trinajstić information content (AvgIpc) is 2.47. The molecule has 1 aromatic rings. The zero-order valence-electron chi connectivity index (χ0n) is 9.78. The number of likely N-dealkylation sites (N-methyl/N-ethyl adjacent to an activating group) is 1. The van der Waals surface area contributed by atoms with Gasteiger partial charge in [-0.05, 0) is 12.2 Å². The second-order valence-electron chi connectivity index (χ2n) is 4.84. The van der Waals surface area contributed by atoms with Crippen LogP contribution in [0.1, 0.15) is 12.1 Å².